The zero-order valence-electron chi connectivity index (χ0n) is 12.0. The highest BCUT2D eigenvalue weighted by Crippen LogP contribution is 2.09. The van der Waals surface area contributed by atoms with Crippen molar-refractivity contribution < 1.29 is 4.79 Å². The van der Waals surface area contributed by atoms with Crippen molar-refractivity contribution in [2.24, 2.45) is 0 Å². The molecule has 0 heterocycles. The molecule has 3 heteroatoms. The lowest BCUT2D eigenvalue weighted by Crippen LogP contribution is -2.36. The summed E-state index contributed by atoms with van der Waals surface area (Å²) < 4.78 is 0. The molecule has 0 fully saturated rings. The van der Waals surface area contributed by atoms with Gasteiger partial charge in [-0.2, -0.15) is 0 Å². The van der Waals surface area contributed by atoms with Gasteiger partial charge >= 0.3 is 0 Å². The Bertz CT molecular complexity index is 525. The molecule has 0 aliphatic rings. The van der Waals surface area contributed by atoms with Crippen molar-refractivity contribution in [3.05, 3.63) is 84.4 Å². The number of rotatable bonds is 7. The third-order valence-electron chi connectivity index (χ3n) is 3.16. The van der Waals surface area contributed by atoms with E-state index in [-0.39, 0.29) is 5.91 Å². The highest BCUT2D eigenvalue weighted by atomic mass is 16.1. The Morgan fingerprint density at radius 3 is 1.86 bits per heavy atom. The van der Waals surface area contributed by atoms with E-state index in [4.69, 9.17) is 0 Å². The number of benzene rings is 2. The normalized spacial score (nSPS) is 10.3. The average Bonchev–Trinajstić information content (AvgIpc) is 2.54. The van der Waals surface area contributed by atoms with Gasteiger partial charge in [0.05, 0.1) is 6.67 Å². The van der Waals surface area contributed by atoms with Crippen LogP contribution in [0.25, 0.3) is 0 Å². The summed E-state index contributed by atoms with van der Waals surface area (Å²) in [5.41, 5.74) is 2.45. The minimum Gasteiger partial charge on any atom is -0.340 e. The summed E-state index contributed by atoms with van der Waals surface area (Å²) in [7, 11) is 0. The Labute approximate surface area is 125 Å². The van der Waals surface area contributed by atoms with Crippen molar-refractivity contribution in [2.75, 3.05) is 6.67 Å². The summed E-state index contributed by atoms with van der Waals surface area (Å²) in [5.74, 6) is -0.152. The molecule has 2 aromatic rings. The van der Waals surface area contributed by atoms with E-state index in [1.54, 1.807) is 0 Å². The fourth-order valence-electron chi connectivity index (χ4n) is 2.11. The smallest absolute Gasteiger partial charge is 0.244 e. The Hall–Kier alpha value is -2.39. The van der Waals surface area contributed by atoms with Gasteiger partial charge in [0.15, 0.2) is 0 Å². The molecule has 0 radical (unpaired) electrons. The number of carbonyl (C=O) groups excluding carboxylic acids is 1. The first-order valence-corrected chi connectivity index (χ1v) is 6.98. The van der Waals surface area contributed by atoms with Crippen LogP contribution in [0, 0.1) is 0 Å². The number of hydrogen-bond donors (Lipinski definition) is 1. The third-order valence-corrected chi connectivity index (χ3v) is 3.16. The summed E-state index contributed by atoms with van der Waals surface area (Å²) in [6.07, 6.45) is 1.29. The predicted molar refractivity (Wildman–Crippen MR) is 85.3 cm³/mol. The molecule has 0 atom stereocenters. The number of carbonyl (C=O) groups is 1. The molecule has 0 unspecified atom stereocenters. The predicted octanol–water partition coefficient (Wildman–Crippen LogP) is 2.95. The van der Waals surface area contributed by atoms with Crippen molar-refractivity contribution >= 4 is 5.91 Å². The lowest BCUT2D eigenvalue weighted by molar-refractivity contribution is -0.117. The topological polar surface area (TPSA) is 32.3 Å². The van der Waals surface area contributed by atoms with Crippen LogP contribution in [-0.4, -0.2) is 17.5 Å². The van der Waals surface area contributed by atoms with Crippen molar-refractivity contribution in [1.29, 1.82) is 0 Å². The molecule has 3 nitrogen and oxygen atoms in total. The highest BCUT2D eigenvalue weighted by Gasteiger charge is 2.07. The molecule has 108 valence electrons. The molecule has 0 saturated carbocycles. The van der Waals surface area contributed by atoms with Crippen LogP contribution in [0.3, 0.4) is 0 Å². The summed E-state index contributed by atoms with van der Waals surface area (Å²) in [4.78, 5) is 13.6. The lowest BCUT2D eigenvalue weighted by atomic mass is 10.2. The molecule has 0 aliphatic carbocycles. The second-order valence-corrected chi connectivity index (χ2v) is 4.86. The van der Waals surface area contributed by atoms with Crippen LogP contribution < -0.4 is 5.32 Å². The van der Waals surface area contributed by atoms with E-state index in [2.05, 4.69) is 41.1 Å². The van der Waals surface area contributed by atoms with Crippen LogP contribution in [0.1, 0.15) is 11.1 Å². The van der Waals surface area contributed by atoms with Crippen LogP contribution in [-0.2, 0) is 17.9 Å². The first-order chi connectivity index (χ1) is 10.3. The standard InChI is InChI=1S/C18H20N2O/c1-2-18(21)19-15-20(13-16-9-5-3-6-10-16)14-17-11-7-4-8-12-17/h2-12H,1,13-15H2,(H,19,21). The molecule has 21 heavy (non-hydrogen) atoms. The van der Waals surface area contributed by atoms with Crippen molar-refractivity contribution in [3.8, 4) is 0 Å². The van der Waals surface area contributed by atoms with Gasteiger partial charge in [0, 0.05) is 13.1 Å². The third kappa shape index (κ3) is 5.24. The van der Waals surface area contributed by atoms with Gasteiger partial charge in [-0.05, 0) is 17.2 Å². The van der Waals surface area contributed by atoms with E-state index >= 15 is 0 Å². The maximum atomic E-state index is 11.4. The van der Waals surface area contributed by atoms with Crippen LogP contribution in [0.5, 0.6) is 0 Å². The fourth-order valence-corrected chi connectivity index (χ4v) is 2.11. The van der Waals surface area contributed by atoms with Crippen LogP contribution >= 0.6 is 0 Å². The second kappa shape index (κ2) is 8.02. The molecular weight excluding hydrogens is 260 g/mol. The molecular formula is C18H20N2O. The first kappa shape index (κ1) is 15.0. The second-order valence-electron chi connectivity index (χ2n) is 4.86. The zero-order chi connectivity index (χ0) is 14.9. The van der Waals surface area contributed by atoms with Gasteiger partial charge in [-0.25, -0.2) is 0 Å². The van der Waals surface area contributed by atoms with Crippen LogP contribution in [0.15, 0.2) is 73.3 Å². The number of nitrogens with zero attached hydrogens (tertiary/aromatic N) is 1. The SMILES string of the molecule is C=CC(=O)NCN(Cc1ccccc1)Cc1ccccc1. The molecule has 0 bridgehead atoms. The Morgan fingerprint density at radius 2 is 1.43 bits per heavy atom. The molecule has 2 rings (SSSR count). The molecule has 1 N–H and O–H groups in total. The van der Waals surface area contributed by atoms with Crippen LogP contribution in [0.2, 0.25) is 0 Å². The molecule has 2 aromatic carbocycles. The van der Waals surface area contributed by atoms with E-state index in [0.29, 0.717) is 6.67 Å². The van der Waals surface area contributed by atoms with E-state index in [9.17, 15) is 4.79 Å². The Morgan fingerprint density at radius 1 is 0.952 bits per heavy atom. The van der Waals surface area contributed by atoms with Crippen LogP contribution in [0.4, 0.5) is 0 Å². The van der Waals surface area contributed by atoms with Crippen molar-refractivity contribution in [1.82, 2.24) is 10.2 Å². The molecule has 1 amide bonds. The van der Waals surface area contributed by atoms with E-state index in [0.717, 1.165) is 13.1 Å². The lowest BCUT2D eigenvalue weighted by Gasteiger charge is -2.22. The average molecular weight is 280 g/mol. The number of amides is 1. The van der Waals surface area contributed by atoms with Crippen molar-refractivity contribution in [3.63, 3.8) is 0 Å². The van der Waals surface area contributed by atoms with Gasteiger partial charge < -0.3 is 5.32 Å². The number of hydrogen-bond acceptors (Lipinski definition) is 2. The number of nitrogens with one attached hydrogen (secondary N) is 1. The zero-order valence-corrected chi connectivity index (χ0v) is 12.0. The molecule has 0 aliphatic heterocycles. The first-order valence-electron chi connectivity index (χ1n) is 6.98. The Balaban J connectivity index is 2.02. The Kier molecular flexibility index (Phi) is 5.73. The summed E-state index contributed by atoms with van der Waals surface area (Å²) in [5, 5.41) is 2.84. The largest absolute Gasteiger partial charge is 0.340 e. The van der Waals surface area contributed by atoms with Gasteiger partial charge in [-0.15, -0.1) is 0 Å². The fraction of sp³-hybridized carbons (Fsp3) is 0.167. The van der Waals surface area contributed by atoms with Gasteiger partial charge in [0.2, 0.25) is 5.91 Å². The minimum absolute atomic E-state index is 0.152. The van der Waals surface area contributed by atoms with Gasteiger partial charge in [0.25, 0.3) is 0 Å². The van der Waals surface area contributed by atoms with E-state index in [1.165, 1.54) is 17.2 Å². The van der Waals surface area contributed by atoms with Gasteiger partial charge in [-0.1, -0.05) is 67.2 Å². The molecule has 0 spiro atoms. The highest BCUT2D eigenvalue weighted by molar-refractivity contribution is 5.86. The maximum absolute atomic E-state index is 11.4. The van der Waals surface area contributed by atoms with E-state index in [1.807, 2.05) is 36.4 Å². The minimum atomic E-state index is -0.152. The van der Waals surface area contributed by atoms with Gasteiger partial charge in [-0.3, -0.25) is 9.69 Å². The van der Waals surface area contributed by atoms with Gasteiger partial charge in [0.1, 0.15) is 0 Å². The molecule has 0 aromatic heterocycles. The molecule has 0 saturated heterocycles. The van der Waals surface area contributed by atoms with E-state index < -0.39 is 0 Å². The quantitative estimate of drug-likeness (QED) is 0.624. The monoisotopic (exact) mass is 280 g/mol. The maximum Gasteiger partial charge on any atom is 0.244 e. The summed E-state index contributed by atoms with van der Waals surface area (Å²) >= 11 is 0. The summed E-state index contributed by atoms with van der Waals surface area (Å²) in [6, 6.07) is 20.5. The summed E-state index contributed by atoms with van der Waals surface area (Å²) in [6.45, 7) is 5.54. The van der Waals surface area contributed by atoms with Crippen molar-refractivity contribution in [2.45, 2.75) is 13.1 Å².